The number of nitrogens with zero attached hydrogens (tertiary/aromatic N) is 3. The van der Waals surface area contributed by atoms with Gasteiger partial charge in [0.25, 0.3) is 0 Å². The van der Waals surface area contributed by atoms with Gasteiger partial charge >= 0.3 is 5.97 Å². The van der Waals surface area contributed by atoms with Crippen molar-refractivity contribution in [2.75, 3.05) is 6.54 Å². The first-order valence-electron chi connectivity index (χ1n) is 6.75. The van der Waals surface area contributed by atoms with Crippen molar-refractivity contribution in [2.45, 2.75) is 40.2 Å². The van der Waals surface area contributed by atoms with Gasteiger partial charge in [-0.25, -0.2) is 4.79 Å². The predicted molar refractivity (Wildman–Crippen MR) is 73.4 cm³/mol. The monoisotopic (exact) mass is 279 g/mol. The van der Waals surface area contributed by atoms with E-state index in [1.165, 1.54) is 0 Å². The lowest BCUT2D eigenvalue weighted by Gasteiger charge is -2.30. The standard InChI is InChI=1S/C14H21N3O3/c1-14(2,3)7-11(18)17-6-5-10-9(8-17)12(13(19)20)15-16(10)4/h5-8H2,1-4H3,(H,19,20). The van der Waals surface area contributed by atoms with Crippen LogP contribution < -0.4 is 0 Å². The number of carbonyl (C=O) groups is 2. The summed E-state index contributed by atoms with van der Waals surface area (Å²) in [6.45, 7) is 7.04. The van der Waals surface area contributed by atoms with Gasteiger partial charge in [0.2, 0.25) is 5.91 Å². The van der Waals surface area contributed by atoms with Crippen LogP contribution in [0.15, 0.2) is 0 Å². The van der Waals surface area contributed by atoms with E-state index in [1.54, 1.807) is 16.6 Å². The number of carboxylic acids is 1. The number of aromatic nitrogens is 2. The molecule has 0 fully saturated rings. The molecular weight excluding hydrogens is 258 g/mol. The number of aryl methyl sites for hydroxylation is 1. The summed E-state index contributed by atoms with van der Waals surface area (Å²) in [5.74, 6) is -0.963. The average Bonchev–Trinajstić information content (AvgIpc) is 2.64. The molecule has 1 N–H and O–H groups in total. The van der Waals surface area contributed by atoms with Gasteiger partial charge < -0.3 is 10.0 Å². The Kier molecular flexibility index (Phi) is 3.58. The van der Waals surface area contributed by atoms with Crippen LogP contribution in [0, 0.1) is 5.41 Å². The van der Waals surface area contributed by atoms with E-state index < -0.39 is 5.97 Å². The minimum atomic E-state index is -1.04. The maximum Gasteiger partial charge on any atom is 0.356 e. The van der Waals surface area contributed by atoms with Crippen molar-refractivity contribution in [3.63, 3.8) is 0 Å². The Balaban J connectivity index is 2.22. The summed E-state index contributed by atoms with van der Waals surface area (Å²) >= 11 is 0. The zero-order valence-electron chi connectivity index (χ0n) is 12.4. The van der Waals surface area contributed by atoms with Crippen LogP contribution >= 0.6 is 0 Å². The summed E-state index contributed by atoms with van der Waals surface area (Å²) in [6.07, 6.45) is 1.12. The molecule has 6 heteroatoms. The molecule has 1 aromatic heterocycles. The SMILES string of the molecule is Cn1nc(C(=O)O)c2c1CCN(C(=O)CC(C)(C)C)C2. The number of carboxylic acid groups (broad SMARTS) is 1. The van der Waals surface area contributed by atoms with Crippen molar-refractivity contribution in [1.29, 1.82) is 0 Å². The second-order valence-corrected chi connectivity index (χ2v) is 6.51. The normalized spacial score (nSPS) is 15.1. The van der Waals surface area contributed by atoms with E-state index in [4.69, 9.17) is 0 Å². The number of amides is 1. The highest BCUT2D eigenvalue weighted by Crippen LogP contribution is 2.25. The topological polar surface area (TPSA) is 75.4 Å². The Morgan fingerprint density at radius 3 is 2.55 bits per heavy atom. The molecule has 0 spiro atoms. The number of hydrogen-bond donors (Lipinski definition) is 1. The van der Waals surface area contributed by atoms with E-state index in [2.05, 4.69) is 5.10 Å². The third-order valence-electron chi connectivity index (χ3n) is 3.48. The van der Waals surface area contributed by atoms with Crippen LogP contribution in [-0.4, -0.2) is 38.2 Å². The Hall–Kier alpha value is -1.85. The summed E-state index contributed by atoms with van der Waals surface area (Å²) in [5.41, 5.74) is 1.59. The van der Waals surface area contributed by atoms with Gasteiger partial charge in [-0.2, -0.15) is 5.10 Å². The first-order chi connectivity index (χ1) is 9.19. The summed E-state index contributed by atoms with van der Waals surface area (Å²) in [6, 6.07) is 0. The predicted octanol–water partition coefficient (Wildman–Crippen LogP) is 1.44. The van der Waals surface area contributed by atoms with Crippen molar-refractivity contribution in [2.24, 2.45) is 12.5 Å². The van der Waals surface area contributed by atoms with Crippen LogP contribution in [0.25, 0.3) is 0 Å². The molecular formula is C14H21N3O3. The number of fused-ring (bicyclic) bond motifs is 1. The summed E-state index contributed by atoms with van der Waals surface area (Å²) in [4.78, 5) is 25.2. The lowest BCUT2D eigenvalue weighted by Crippen LogP contribution is -2.38. The summed E-state index contributed by atoms with van der Waals surface area (Å²) < 4.78 is 1.62. The van der Waals surface area contributed by atoms with E-state index >= 15 is 0 Å². The average molecular weight is 279 g/mol. The number of aromatic carboxylic acids is 1. The number of hydrogen-bond acceptors (Lipinski definition) is 3. The van der Waals surface area contributed by atoms with Crippen LogP contribution in [0.4, 0.5) is 0 Å². The van der Waals surface area contributed by atoms with E-state index in [0.29, 0.717) is 31.5 Å². The number of rotatable bonds is 2. The molecule has 0 bridgehead atoms. The van der Waals surface area contributed by atoms with Crippen LogP contribution in [0.2, 0.25) is 0 Å². The van der Waals surface area contributed by atoms with Crippen molar-refractivity contribution in [3.8, 4) is 0 Å². The van der Waals surface area contributed by atoms with E-state index in [0.717, 1.165) is 5.69 Å². The third kappa shape index (κ3) is 2.84. The highest BCUT2D eigenvalue weighted by atomic mass is 16.4. The van der Waals surface area contributed by atoms with Gasteiger partial charge in [0, 0.05) is 44.2 Å². The summed E-state index contributed by atoms with van der Waals surface area (Å²) in [5, 5.41) is 13.2. The third-order valence-corrected chi connectivity index (χ3v) is 3.48. The van der Waals surface area contributed by atoms with Crippen molar-refractivity contribution < 1.29 is 14.7 Å². The molecule has 2 rings (SSSR count). The Morgan fingerprint density at radius 2 is 2.00 bits per heavy atom. The molecule has 20 heavy (non-hydrogen) atoms. The zero-order valence-corrected chi connectivity index (χ0v) is 12.4. The molecule has 1 amide bonds. The van der Waals surface area contributed by atoms with Gasteiger partial charge in [0.15, 0.2) is 5.69 Å². The zero-order chi connectivity index (χ0) is 15.1. The molecule has 6 nitrogen and oxygen atoms in total. The van der Waals surface area contributed by atoms with Gasteiger partial charge in [-0.3, -0.25) is 9.48 Å². The molecule has 110 valence electrons. The van der Waals surface area contributed by atoms with Gasteiger partial charge in [-0.15, -0.1) is 0 Å². The van der Waals surface area contributed by atoms with Crippen molar-refractivity contribution in [1.82, 2.24) is 14.7 Å². The van der Waals surface area contributed by atoms with Crippen molar-refractivity contribution >= 4 is 11.9 Å². The molecule has 0 unspecified atom stereocenters. The molecule has 1 aromatic rings. The first-order valence-corrected chi connectivity index (χ1v) is 6.75. The fourth-order valence-electron chi connectivity index (χ4n) is 2.54. The Labute approximate surface area is 118 Å². The van der Waals surface area contributed by atoms with Crippen LogP contribution in [0.5, 0.6) is 0 Å². The fourth-order valence-corrected chi connectivity index (χ4v) is 2.54. The molecule has 0 radical (unpaired) electrons. The van der Waals surface area contributed by atoms with Gasteiger partial charge in [0.1, 0.15) is 0 Å². The van der Waals surface area contributed by atoms with Crippen LogP contribution in [0.1, 0.15) is 48.9 Å². The number of carbonyl (C=O) groups excluding carboxylic acids is 1. The highest BCUT2D eigenvalue weighted by molar-refractivity contribution is 5.88. The molecule has 0 saturated heterocycles. The van der Waals surface area contributed by atoms with E-state index in [9.17, 15) is 14.7 Å². The second-order valence-electron chi connectivity index (χ2n) is 6.51. The maximum atomic E-state index is 12.3. The molecule has 0 aromatic carbocycles. The molecule has 2 heterocycles. The smallest absolute Gasteiger partial charge is 0.356 e. The van der Waals surface area contributed by atoms with Gasteiger partial charge in [-0.05, 0) is 5.41 Å². The minimum Gasteiger partial charge on any atom is -0.476 e. The molecule has 0 atom stereocenters. The molecule has 0 saturated carbocycles. The lowest BCUT2D eigenvalue weighted by molar-refractivity contribution is -0.134. The Bertz CT molecular complexity index is 555. The lowest BCUT2D eigenvalue weighted by atomic mass is 9.91. The fraction of sp³-hybridized carbons (Fsp3) is 0.643. The quantitative estimate of drug-likeness (QED) is 0.888. The second kappa shape index (κ2) is 4.92. The molecule has 0 aliphatic carbocycles. The van der Waals surface area contributed by atoms with Crippen LogP contribution in [0.3, 0.4) is 0 Å². The van der Waals surface area contributed by atoms with Crippen LogP contribution in [-0.2, 0) is 24.8 Å². The minimum absolute atomic E-state index is 0.0655. The Morgan fingerprint density at radius 1 is 1.35 bits per heavy atom. The highest BCUT2D eigenvalue weighted by Gasteiger charge is 2.30. The van der Waals surface area contributed by atoms with Gasteiger partial charge in [0.05, 0.1) is 0 Å². The molecule has 1 aliphatic rings. The molecule has 1 aliphatic heterocycles. The first kappa shape index (κ1) is 14.6. The maximum absolute atomic E-state index is 12.3. The van der Waals surface area contributed by atoms with E-state index in [1.807, 2.05) is 20.8 Å². The van der Waals surface area contributed by atoms with E-state index in [-0.39, 0.29) is 17.0 Å². The summed E-state index contributed by atoms with van der Waals surface area (Å²) in [7, 11) is 1.75. The van der Waals surface area contributed by atoms with Crippen molar-refractivity contribution in [3.05, 3.63) is 17.0 Å². The largest absolute Gasteiger partial charge is 0.476 e. The van der Waals surface area contributed by atoms with Gasteiger partial charge in [-0.1, -0.05) is 20.8 Å².